The monoisotopic (exact) mass is 311 g/mol. The van der Waals surface area contributed by atoms with Crippen LogP contribution in [0.25, 0.3) is 11.1 Å². The third-order valence-corrected chi connectivity index (χ3v) is 4.17. The van der Waals surface area contributed by atoms with Gasteiger partial charge in [0.1, 0.15) is 23.2 Å². The van der Waals surface area contributed by atoms with E-state index in [2.05, 4.69) is 16.0 Å². The number of methoxy groups -OCH3 is 1. The molecule has 2 atom stereocenters. The number of aliphatic imine (C=N–C) groups is 1. The topological polar surface area (TPSA) is 69.7 Å². The molecule has 2 N–H and O–H groups in total. The van der Waals surface area contributed by atoms with E-state index in [9.17, 15) is 0 Å². The first-order valence-corrected chi connectivity index (χ1v) is 7.58. The van der Waals surface area contributed by atoms with E-state index in [-0.39, 0.29) is 6.10 Å². The van der Waals surface area contributed by atoms with Crippen LogP contribution in [-0.2, 0) is 10.3 Å². The molecule has 1 aliphatic rings. The van der Waals surface area contributed by atoms with Crippen molar-refractivity contribution < 1.29 is 9.47 Å². The van der Waals surface area contributed by atoms with Gasteiger partial charge in [0, 0.05) is 11.8 Å². The number of hydrogen-bond acceptors (Lipinski definition) is 5. The van der Waals surface area contributed by atoms with E-state index in [0.717, 1.165) is 22.4 Å². The van der Waals surface area contributed by atoms with E-state index < -0.39 is 5.54 Å². The van der Waals surface area contributed by atoms with E-state index in [4.69, 9.17) is 15.2 Å². The summed E-state index contributed by atoms with van der Waals surface area (Å²) in [5, 5.41) is 0. The summed E-state index contributed by atoms with van der Waals surface area (Å²) in [6.07, 6.45) is 3.38. The standard InChI is InChI=1S/C18H21N3O2/c1-12-17(19)21-18(2,11-23-12)15-6-4-5-13(7-15)14-8-16(22-3)10-20-9-14/h4-10,12H,11H2,1-3H3,(H2,19,21). The lowest BCUT2D eigenvalue weighted by Crippen LogP contribution is -2.42. The molecule has 0 spiro atoms. The van der Waals surface area contributed by atoms with Crippen molar-refractivity contribution in [3.63, 3.8) is 0 Å². The first-order valence-electron chi connectivity index (χ1n) is 7.58. The van der Waals surface area contributed by atoms with E-state index in [1.54, 1.807) is 13.3 Å². The summed E-state index contributed by atoms with van der Waals surface area (Å²) in [7, 11) is 1.64. The van der Waals surface area contributed by atoms with Gasteiger partial charge in [0.15, 0.2) is 0 Å². The molecule has 5 nitrogen and oxygen atoms in total. The number of benzene rings is 1. The molecule has 0 saturated carbocycles. The highest BCUT2D eigenvalue weighted by Crippen LogP contribution is 2.32. The second-order valence-corrected chi connectivity index (χ2v) is 5.96. The molecule has 0 saturated heterocycles. The average Bonchev–Trinajstić information content (AvgIpc) is 2.59. The number of hydrogen-bond donors (Lipinski definition) is 1. The Morgan fingerprint density at radius 2 is 2.09 bits per heavy atom. The lowest BCUT2D eigenvalue weighted by Gasteiger charge is -2.33. The minimum Gasteiger partial charge on any atom is -0.495 e. The molecule has 0 radical (unpaired) electrons. The van der Waals surface area contributed by atoms with Crippen LogP contribution in [-0.4, -0.2) is 30.6 Å². The lowest BCUT2D eigenvalue weighted by atomic mass is 9.90. The van der Waals surface area contributed by atoms with Crippen molar-refractivity contribution in [1.82, 2.24) is 4.98 Å². The van der Waals surface area contributed by atoms with E-state index in [1.807, 2.05) is 44.3 Å². The van der Waals surface area contributed by atoms with Gasteiger partial charge in [-0.2, -0.15) is 0 Å². The molecular formula is C18H21N3O2. The zero-order valence-corrected chi connectivity index (χ0v) is 13.6. The van der Waals surface area contributed by atoms with Crippen LogP contribution < -0.4 is 10.5 Å². The van der Waals surface area contributed by atoms with E-state index in [1.165, 1.54) is 0 Å². The number of amidine groups is 1. The molecule has 0 aliphatic carbocycles. The van der Waals surface area contributed by atoms with Crippen LogP contribution in [0.15, 0.2) is 47.7 Å². The highest BCUT2D eigenvalue weighted by molar-refractivity contribution is 5.85. The first-order chi connectivity index (χ1) is 11.0. The third kappa shape index (κ3) is 3.05. The van der Waals surface area contributed by atoms with Crippen LogP contribution in [0.2, 0.25) is 0 Å². The zero-order chi connectivity index (χ0) is 16.4. The summed E-state index contributed by atoms with van der Waals surface area (Å²) in [5.74, 6) is 1.27. The van der Waals surface area contributed by atoms with Crippen molar-refractivity contribution in [2.24, 2.45) is 10.7 Å². The maximum absolute atomic E-state index is 5.98. The van der Waals surface area contributed by atoms with E-state index in [0.29, 0.717) is 12.4 Å². The molecular weight excluding hydrogens is 290 g/mol. The Morgan fingerprint density at radius 3 is 2.83 bits per heavy atom. The van der Waals surface area contributed by atoms with Gasteiger partial charge in [0.25, 0.3) is 0 Å². The molecule has 5 heteroatoms. The van der Waals surface area contributed by atoms with Gasteiger partial charge in [-0.05, 0) is 37.1 Å². The van der Waals surface area contributed by atoms with Crippen LogP contribution >= 0.6 is 0 Å². The zero-order valence-electron chi connectivity index (χ0n) is 13.6. The van der Waals surface area contributed by atoms with Crippen molar-refractivity contribution in [2.75, 3.05) is 13.7 Å². The molecule has 1 aromatic carbocycles. The summed E-state index contributed by atoms with van der Waals surface area (Å²) in [6.45, 7) is 4.46. The smallest absolute Gasteiger partial charge is 0.137 e. The number of nitrogens with two attached hydrogens (primary N) is 1. The molecule has 0 amide bonds. The van der Waals surface area contributed by atoms with Crippen molar-refractivity contribution in [1.29, 1.82) is 0 Å². The van der Waals surface area contributed by atoms with Gasteiger partial charge in [-0.1, -0.05) is 18.2 Å². The van der Waals surface area contributed by atoms with Crippen molar-refractivity contribution >= 4 is 5.84 Å². The SMILES string of the molecule is COc1cncc(-c2cccc(C3(C)COC(C)C(N)=N3)c2)c1. The van der Waals surface area contributed by atoms with Crippen molar-refractivity contribution in [3.8, 4) is 16.9 Å². The Hall–Kier alpha value is -2.40. The highest BCUT2D eigenvalue weighted by atomic mass is 16.5. The molecule has 2 heterocycles. The minimum atomic E-state index is -0.473. The van der Waals surface area contributed by atoms with Crippen LogP contribution in [0.1, 0.15) is 19.4 Å². The normalized spacial score (nSPS) is 24.1. The van der Waals surface area contributed by atoms with Crippen LogP contribution in [0.5, 0.6) is 5.75 Å². The Bertz CT molecular complexity index is 745. The fraction of sp³-hybridized carbons (Fsp3) is 0.333. The second-order valence-electron chi connectivity index (χ2n) is 5.96. The molecule has 3 rings (SSSR count). The minimum absolute atomic E-state index is 0.131. The Balaban J connectivity index is 2.00. The molecule has 2 unspecified atom stereocenters. The van der Waals surface area contributed by atoms with Gasteiger partial charge in [0.05, 0.1) is 19.9 Å². The third-order valence-electron chi connectivity index (χ3n) is 4.17. The van der Waals surface area contributed by atoms with Crippen LogP contribution in [0.3, 0.4) is 0 Å². The molecule has 0 bridgehead atoms. The molecule has 0 fully saturated rings. The number of rotatable bonds is 3. The van der Waals surface area contributed by atoms with Crippen LogP contribution in [0, 0.1) is 0 Å². The molecule has 1 aliphatic heterocycles. The van der Waals surface area contributed by atoms with Gasteiger partial charge in [-0.15, -0.1) is 0 Å². The molecule has 23 heavy (non-hydrogen) atoms. The summed E-state index contributed by atoms with van der Waals surface area (Å²) in [5.41, 5.74) is 8.62. The lowest BCUT2D eigenvalue weighted by molar-refractivity contribution is 0.0549. The molecule has 120 valence electrons. The number of nitrogens with zero attached hydrogens (tertiary/aromatic N) is 2. The fourth-order valence-corrected chi connectivity index (χ4v) is 2.65. The largest absolute Gasteiger partial charge is 0.495 e. The summed E-state index contributed by atoms with van der Waals surface area (Å²) in [6, 6.07) is 10.2. The predicted octanol–water partition coefficient (Wildman–Crippen LogP) is 2.75. The number of pyridine rings is 1. The maximum atomic E-state index is 5.98. The van der Waals surface area contributed by atoms with Gasteiger partial charge in [-0.3, -0.25) is 9.98 Å². The average molecular weight is 311 g/mol. The van der Waals surface area contributed by atoms with Crippen molar-refractivity contribution in [3.05, 3.63) is 48.3 Å². The van der Waals surface area contributed by atoms with Gasteiger partial charge in [-0.25, -0.2) is 0 Å². The van der Waals surface area contributed by atoms with Gasteiger partial charge >= 0.3 is 0 Å². The summed E-state index contributed by atoms with van der Waals surface area (Å²) < 4.78 is 11.0. The van der Waals surface area contributed by atoms with E-state index >= 15 is 0 Å². The number of ether oxygens (including phenoxy) is 2. The number of aromatic nitrogens is 1. The summed E-state index contributed by atoms with van der Waals surface area (Å²) in [4.78, 5) is 8.88. The van der Waals surface area contributed by atoms with Crippen molar-refractivity contribution in [2.45, 2.75) is 25.5 Å². The fourth-order valence-electron chi connectivity index (χ4n) is 2.65. The first kappa shape index (κ1) is 15.5. The highest BCUT2D eigenvalue weighted by Gasteiger charge is 2.32. The Labute approximate surface area is 136 Å². The van der Waals surface area contributed by atoms with Crippen LogP contribution in [0.4, 0.5) is 0 Å². The molecule has 2 aromatic rings. The quantitative estimate of drug-likeness (QED) is 0.946. The Morgan fingerprint density at radius 1 is 1.26 bits per heavy atom. The maximum Gasteiger partial charge on any atom is 0.137 e. The molecule has 1 aromatic heterocycles. The van der Waals surface area contributed by atoms with Gasteiger partial charge in [0.2, 0.25) is 0 Å². The Kier molecular flexibility index (Phi) is 4.05. The predicted molar refractivity (Wildman–Crippen MR) is 90.6 cm³/mol. The second kappa shape index (κ2) is 6.01. The summed E-state index contributed by atoms with van der Waals surface area (Å²) >= 11 is 0. The van der Waals surface area contributed by atoms with Gasteiger partial charge < -0.3 is 15.2 Å².